The molecule has 1 aromatic rings. The first-order valence-corrected chi connectivity index (χ1v) is 7.70. The zero-order valence-corrected chi connectivity index (χ0v) is 14.6. The Bertz CT molecular complexity index is 500. The highest BCUT2D eigenvalue weighted by Gasteiger charge is 2.33. The monoisotopic (exact) mass is 295 g/mol. The van der Waals surface area contributed by atoms with E-state index in [0.717, 1.165) is 17.7 Å². The summed E-state index contributed by atoms with van der Waals surface area (Å²) in [5.41, 5.74) is 2.93. The second kappa shape index (κ2) is 6.50. The molecule has 1 amide bonds. The van der Waals surface area contributed by atoms with Crippen LogP contribution in [0.15, 0.2) is 0 Å². The summed E-state index contributed by atoms with van der Waals surface area (Å²) in [6.45, 7) is 14.3. The summed E-state index contributed by atoms with van der Waals surface area (Å²) >= 11 is 0. The van der Waals surface area contributed by atoms with Crippen LogP contribution in [0.4, 0.5) is 4.79 Å². The van der Waals surface area contributed by atoms with E-state index in [1.807, 2.05) is 53.3 Å². The summed E-state index contributed by atoms with van der Waals surface area (Å²) in [6, 6.07) is 0.136. The average molecular weight is 295 g/mol. The van der Waals surface area contributed by atoms with Gasteiger partial charge in [0, 0.05) is 30.8 Å². The van der Waals surface area contributed by atoms with Crippen LogP contribution in [0.2, 0.25) is 0 Å². The molecule has 0 saturated heterocycles. The van der Waals surface area contributed by atoms with Crippen LogP contribution in [-0.2, 0) is 24.8 Å². The highest BCUT2D eigenvalue weighted by molar-refractivity contribution is 5.69. The minimum absolute atomic E-state index is 0.136. The van der Waals surface area contributed by atoms with E-state index in [2.05, 4.69) is 12.0 Å². The quantitative estimate of drug-likeness (QED) is 0.736. The van der Waals surface area contributed by atoms with Gasteiger partial charge in [0.2, 0.25) is 0 Å². The van der Waals surface area contributed by atoms with Gasteiger partial charge in [0.1, 0.15) is 5.60 Å². The number of aromatic nitrogens is 2. The van der Waals surface area contributed by atoms with E-state index in [-0.39, 0.29) is 12.1 Å². The van der Waals surface area contributed by atoms with Gasteiger partial charge in [0.25, 0.3) is 0 Å². The predicted octanol–water partition coefficient (Wildman–Crippen LogP) is 3.44. The minimum Gasteiger partial charge on any atom is -0.444 e. The molecule has 21 heavy (non-hydrogen) atoms. The number of fused-ring (bicyclic) bond motifs is 1. The lowest BCUT2D eigenvalue weighted by Crippen LogP contribution is -2.45. The standard InChI is InChI=1S/C14H23N3O2.C2H6/c1-9-7-12-11(10(2)15-16(12)6)8-17(9)13(18)19-14(3,4)5;1-2/h9H,7-8H2,1-6H3;1-2H3. The van der Waals surface area contributed by atoms with Gasteiger partial charge in [-0.1, -0.05) is 13.8 Å². The van der Waals surface area contributed by atoms with E-state index in [9.17, 15) is 4.79 Å². The lowest BCUT2D eigenvalue weighted by atomic mass is 10.0. The summed E-state index contributed by atoms with van der Waals surface area (Å²) in [7, 11) is 1.96. The number of hydrogen-bond donors (Lipinski definition) is 0. The molecule has 0 aliphatic carbocycles. The maximum absolute atomic E-state index is 12.2. The molecule has 2 heterocycles. The van der Waals surface area contributed by atoms with Crippen molar-refractivity contribution >= 4 is 6.09 Å². The molecule has 1 atom stereocenters. The van der Waals surface area contributed by atoms with E-state index < -0.39 is 5.60 Å². The predicted molar refractivity (Wildman–Crippen MR) is 84.2 cm³/mol. The fraction of sp³-hybridized carbons (Fsp3) is 0.750. The third-order valence-corrected chi connectivity index (χ3v) is 3.45. The van der Waals surface area contributed by atoms with Gasteiger partial charge in [-0.2, -0.15) is 5.10 Å². The van der Waals surface area contributed by atoms with Crippen molar-refractivity contribution in [3.05, 3.63) is 17.0 Å². The molecule has 1 aliphatic rings. The van der Waals surface area contributed by atoms with Gasteiger partial charge in [-0.3, -0.25) is 4.68 Å². The van der Waals surface area contributed by atoms with Crippen molar-refractivity contribution in [2.75, 3.05) is 0 Å². The Labute approximate surface area is 128 Å². The van der Waals surface area contributed by atoms with Crippen LogP contribution in [0.3, 0.4) is 0 Å². The van der Waals surface area contributed by atoms with E-state index in [0.29, 0.717) is 6.54 Å². The molecular weight excluding hydrogens is 266 g/mol. The van der Waals surface area contributed by atoms with E-state index >= 15 is 0 Å². The number of nitrogens with zero attached hydrogens (tertiary/aromatic N) is 3. The van der Waals surface area contributed by atoms with Crippen LogP contribution in [0.1, 0.15) is 58.5 Å². The van der Waals surface area contributed by atoms with Crippen LogP contribution in [0.5, 0.6) is 0 Å². The molecule has 0 N–H and O–H groups in total. The molecule has 1 aromatic heterocycles. The third-order valence-electron chi connectivity index (χ3n) is 3.45. The smallest absolute Gasteiger partial charge is 0.410 e. The van der Waals surface area contributed by atoms with Gasteiger partial charge < -0.3 is 9.64 Å². The number of amides is 1. The molecule has 0 saturated carbocycles. The molecule has 120 valence electrons. The molecule has 5 heteroatoms. The molecular formula is C16H29N3O2. The van der Waals surface area contributed by atoms with Crippen molar-refractivity contribution in [1.82, 2.24) is 14.7 Å². The number of rotatable bonds is 0. The zero-order valence-electron chi connectivity index (χ0n) is 14.6. The second-order valence-corrected chi connectivity index (χ2v) is 6.30. The van der Waals surface area contributed by atoms with Crippen molar-refractivity contribution < 1.29 is 9.53 Å². The molecule has 0 spiro atoms. The van der Waals surface area contributed by atoms with E-state index in [1.165, 1.54) is 5.69 Å². The summed E-state index contributed by atoms with van der Waals surface area (Å²) in [5.74, 6) is 0. The zero-order chi connectivity index (χ0) is 16.4. The number of aryl methyl sites for hydroxylation is 2. The fourth-order valence-electron chi connectivity index (χ4n) is 2.49. The lowest BCUT2D eigenvalue weighted by Gasteiger charge is -2.35. The fourth-order valence-corrected chi connectivity index (χ4v) is 2.49. The van der Waals surface area contributed by atoms with Gasteiger partial charge >= 0.3 is 6.09 Å². The molecule has 5 nitrogen and oxygen atoms in total. The lowest BCUT2D eigenvalue weighted by molar-refractivity contribution is 0.0136. The topological polar surface area (TPSA) is 47.4 Å². The Kier molecular flexibility index (Phi) is 5.42. The van der Waals surface area contributed by atoms with Crippen molar-refractivity contribution in [3.63, 3.8) is 0 Å². The van der Waals surface area contributed by atoms with Crippen molar-refractivity contribution in [2.24, 2.45) is 7.05 Å². The number of carbonyl (C=O) groups is 1. The highest BCUT2D eigenvalue weighted by Crippen LogP contribution is 2.26. The van der Waals surface area contributed by atoms with Crippen molar-refractivity contribution in [3.8, 4) is 0 Å². The SMILES string of the molecule is CC.Cc1nn(C)c2c1CN(C(=O)OC(C)(C)C)C(C)C2. The summed E-state index contributed by atoms with van der Waals surface area (Å²) < 4.78 is 7.39. The number of carbonyl (C=O) groups excluding carboxylic acids is 1. The van der Waals surface area contributed by atoms with Crippen molar-refractivity contribution in [1.29, 1.82) is 0 Å². The first kappa shape index (κ1) is 17.5. The Morgan fingerprint density at radius 3 is 2.43 bits per heavy atom. The third kappa shape index (κ3) is 3.99. The molecule has 0 radical (unpaired) electrons. The first-order chi connectivity index (χ1) is 9.69. The van der Waals surface area contributed by atoms with Crippen molar-refractivity contribution in [2.45, 2.75) is 73.1 Å². The van der Waals surface area contributed by atoms with Crippen LogP contribution >= 0.6 is 0 Å². The average Bonchev–Trinajstić information content (AvgIpc) is 2.64. The van der Waals surface area contributed by atoms with Gasteiger partial charge in [-0.05, 0) is 34.6 Å². The van der Waals surface area contributed by atoms with Crippen LogP contribution < -0.4 is 0 Å². The summed E-state index contributed by atoms with van der Waals surface area (Å²) in [5, 5.41) is 4.43. The van der Waals surface area contributed by atoms with Gasteiger partial charge in [0.15, 0.2) is 0 Å². The molecule has 2 rings (SSSR count). The molecule has 1 aliphatic heterocycles. The molecule has 1 unspecified atom stereocenters. The molecule has 0 bridgehead atoms. The summed E-state index contributed by atoms with van der Waals surface area (Å²) in [4.78, 5) is 14.0. The molecule has 0 fully saturated rings. The van der Waals surface area contributed by atoms with E-state index in [4.69, 9.17) is 4.74 Å². The minimum atomic E-state index is -0.457. The Balaban J connectivity index is 0.00000106. The first-order valence-electron chi connectivity index (χ1n) is 7.70. The number of hydrogen-bond acceptors (Lipinski definition) is 3. The maximum Gasteiger partial charge on any atom is 0.410 e. The summed E-state index contributed by atoms with van der Waals surface area (Å²) in [6.07, 6.45) is 0.584. The van der Waals surface area contributed by atoms with Crippen LogP contribution in [0, 0.1) is 6.92 Å². The second-order valence-electron chi connectivity index (χ2n) is 6.30. The Morgan fingerprint density at radius 2 is 1.90 bits per heavy atom. The maximum atomic E-state index is 12.2. The molecule has 0 aromatic carbocycles. The van der Waals surface area contributed by atoms with Gasteiger partial charge in [0.05, 0.1) is 12.2 Å². The Hall–Kier alpha value is -1.52. The van der Waals surface area contributed by atoms with Gasteiger partial charge in [-0.15, -0.1) is 0 Å². The Morgan fingerprint density at radius 1 is 1.33 bits per heavy atom. The van der Waals surface area contributed by atoms with Crippen LogP contribution in [0.25, 0.3) is 0 Å². The van der Waals surface area contributed by atoms with Gasteiger partial charge in [-0.25, -0.2) is 4.79 Å². The highest BCUT2D eigenvalue weighted by atomic mass is 16.6. The normalized spacial score (nSPS) is 17.7. The largest absolute Gasteiger partial charge is 0.444 e. The number of ether oxygens (including phenoxy) is 1. The van der Waals surface area contributed by atoms with Crippen LogP contribution in [-0.4, -0.2) is 32.4 Å². The van der Waals surface area contributed by atoms with E-state index in [1.54, 1.807) is 4.90 Å².